The molecule has 146 valence electrons. The highest BCUT2D eigenvalue weighted by Crippen LogP contribution is 2.31. The quantitative estimate of drug-likeness (QED) is 0.524. The third-order valence-corrected chi connectivity index (χ3v) is 5.69. The number of methoxy groups -OCH3 is 2. The lowest BCUT2D eigenvalue weighted by Crippen LogP contribution is -2.31. The summed E-state index contributed by atoms with van der Waals surface area (Å²) in [6, 6.07) is 15.2. The molecule has 1 aliphatic heterocycles. The molecule has 1 atom stereocenters. The van der Waals surface area contributed by atoms with E-state index in [9.17, 15) is 4.79 Å². The molecule has 1 fully saturated rings. The van der Waals surface area contributed by atoms with Crippen molar-refractivity contribution in [2.75, 3.05) is 14.2 Å². The molecule has 1 heterocycles. The number of rotatable bonds is 7. The van der Waals surface area contributed by atoms with Gasteiger partial charge in [0, 0.05) is 0 Å². The van der Waals surface area contributed by atoms with Gasteiger partial charge in [0.2, 0.25) is 5.91 Å². The van der Waals surface area contributed by atoms with Gasteiger partial charge in [-0.15, -0.1) is 5.10 Å². The summed E-state index contributed by atoms with van der Waals surface area (Å²) in [5.74, 6) is 1.65. The summed E-state index contributed by atoms with van der Waals surface area (Å²) in [4.78, 5) is 14.4. The smallest absolute Gasteiger partial charge is 0.242 e. The maximum atomic E-state index is 12.7. The third-order valence-electron chi connectivity index (χ3n) is 4.36. The van der Waals surface area contributed by atoms with E-state index in [4.69, 9.17) is 9.47 Å². The molecule has 1 saturated heterocycles. The molecular weight excluding hydrogens is 374 g/mol. The van der Waals surface area contributed by atoms with Gasteiger partial charge < -0.3 is 9.47 Å². The van der Waals surface area contributed by atoms with Gasteiger partial charge in [-0.05, 0) is 53.9 Å². The molecule has 0 saturated carbocycles. The van der Waals surface area contributed by atoms with E-state index in [0.29, 0.717) is 11.7 Å². The first-order valence-electron chi connectivity index (χ1n) is 9.00. The monoisotopic (exact) mass is 397 g/mol. The minimum atomic E-state index is -0.117. The first kappa shape index (κ1) is 19.9. The molecule has 0 aliphatic carbocycles. The van der Waals surface area contributed by atoms with E-state index in [-0.39, 0.29) is 11.2 Å². The Kier molecular flexibility index (Phi) is 6.71. The summed E-state index contributed by atoms with van der Waals surface area (Å²) >= 11 is 1.46. The van der Waals surface area contributed by atoms with Crippen LogP contribution in [-0.2, 0) is 11.3 Å². The maximum Gasteiger partial charge on any atom is 0.242 e. The van der Waals surface area contributed by atoms with Crippen molar-refractivity contribution < 1.29 is 14.3 Å². The van der Waals surface area contributed by atoms with Crippen LogP contribution in [0.1, 0.15) is 24.5 Å². The zero-order valence-corrected chi connectivity index (χ0v) is 17.0. The van der Waals surface area contributed by atoms with Crippen molar-refractivity contribution in [3.63, 3.8) is 0 Å². The molecule has 2 aromatic rings. The number of hydrogen-bond donors (Lipinski definition) is 0. The highest BCUT2D eigenvalue weighted by molar-refractivity contribution is 8.15. The topological polar surface area (TPSA) is 63.5 Å². The Bertz CT molecular complexity index is 863. The molecule has 7 heteroatoms. The van der Waals surface area contributed by atoms with Crippen LogP contribution in [0.5, 0.6) is 11.5 Å². The molecule has 28 heavy (non-hydrogen) atoms. The number of ether oxygens (including phenoxy) is 2. The van der Waals surface area contributed by atoms with Crippen LogP contribution in [0.3, 0.4) is 0 Å². The standard InChI is InChI=1S/C21H23N3O3S/c1-4-19-20(25)24(14-16-7-11-18(27-3)12-8-16)21(28-19)23-22-13-15-5-9-17(26-2)10-6-15/h5-13,19H,4,14H2,1-3H3/b22-13-,23-21-/t19-/m1/s1. The largest absolute Gasteiger partial charge is 0.497 e. The zero-order chi connectivity index (χ0) is 19.9. The Labute approximate surface area is 169 Å². The summed E-state index contributed by atoms with van der Waals surface area (Å²) in [5.41, 5.74) is 1.92. The van der Waals surface area contributed by atoms with Crippen molar-refractivity contribution >= 4 is 29.1 Å². The molecule has 6 nitrogen and oxygen atoms in total. The van der Waals surface area contributed by atoms with Crippen molar-refractivity contribution in [3.05, 3.63) is 59.7 Å². The van der Waals surface area contributed by atoms with E-state index in [1.165, 1.54) is 11.8 Å². The fourth-order valence-electron chi connectivity index (χ4n) is 2.74. The minimum absolute atomic E-state index is 0.0710. The van der Waals surface area contributed by atoms with Crippen LogP contribution in [-0.4, -0.2) is 41.7 Å². The lowest BCUT2D eigenvalue weighted by molar-refractivity contribution is -0.126. The molecule has 3 rings (SSSR count). The molecule has 2 aromatic carbocycles. The van der Waals surface area contributed by atoms with Gasteiger partial charge in [-0.3, -0.25) is 9.69 Å². The molecule has 0 unspecified atom stereocenters. The number of carbonyl (C=O) groups excluding carboxylic acids is 1. The maximum absolute atomic E-state index is 12.7. The van der Waals surface area contributed by atoms with Crippen LogP contribution < -0.4 is 9.47 Å². The average molecular weight is 398 g/mol. The van der Waals surface area contributed by atoms with E-state index in [1.54, 1.807) is 25.3 Å². The Morgan fingerprint density at radius 2 is 1.64 bits per heavy atom. The van der Waals surface area contributed by atoms with E-state index in [1.807, 2.05) is 55.5 Å². The second-order valence-electron chi connectivity index (χ2n) is 6.19. The van der Waals surface area contributed by atoms with Crippen molar-refractivity contribution in [1.82, 2.24) is 4.90 Å². The van der Waals surface area contributed by atoms with Crippen LogP contribution >= 0.6 is 11.8 Å². The lowest BCUT2D eigenvalue weighted by atomic mass is 10.2. The fraction of sp³-hybridized carbons (Fsp3) is 0.286. The van der Waals surface area contributed by atoms with Gasteiger partial charge in [-0.1, -0.05) is 30.8 Å². The van der Waals surface area contributed by atoms with Gasteiger partial charge in [-0.25, -0.2) is 0 Å². The summed E-state index contributed by atoms with van der Waals surface area (Å²) < 4.78 is 10.3. The second kappa shape index (κ2) is 9.41. The number of benzene rings is 2. The van der Waals surface area contributed by atoms with Crippen molar-refractivity contribution in [2.45, 2.75) is 25.1 Å². The van der Waals surface area contributed by atoms with Crippen LogP contribution in [0, 0.1) is 0 Å². The third kappa shape index (κ3) is 4.72. The highest BCUT2D eigenvalue weighted by atomic mass is 32.2. The van der Waals surface area contributed by atoms with Crippen molar-refractivity contribution in [2.24, 2.45) is 10.2 Å². The number of nitrogens with zero attached hydrogens (tertiary/aromatic N) is 3. The number of carbonyl (C=O) groups is 1. The summed E-state index contributed by atoms with van der Waals surface area (Å²) in [6.45, 7) is 2.47. The Morgan fingerprint density at radius 1 is 1.04 bits per heavy atom. The first-order chi connectivity index (χ1) is 13.6. The normalized spacial score (nSPS) is 18.2. The number of amidine groups is 1. The average Bonchev–Trinajstić information content (AvgIpc) is 3.04. The molecule has 0 bridgehead atoms. The van der Waals surface area contributed by atoms with E-state index in [2.05, 4.69) is 10.2 Å². The molecule has 1 aliphatic rings. The predicted octanol–water partition coefficient (Wildman–Crippen LogP) is 3.95. The van der Waals surface area contributed by atoms with Crippen LogP contribution in [0.2, 0.25) is 0 Å². The van der Waals surface area contributed by atoms with Crippen LogP contribution in [0.25, 0.3) is 0 Å². The van der Waals surface area contributed by atoms with Gasteiger partial charge in [0.25, 0.3) is 0 Å². The van der Waals surface area contributed by atoms with Gasteiger partial charge in [-0.2, -0.15) is 5.10 Å². The van der Waals surface area contributed by atoms with Crippen molar-refractivity contribution in [3.8, 4) is 11.5 Å². The Balaban J connectivity index is 1.76. The molecule has 0 aromatic heterocycles. The molecule has 1 amide bonds. The molecular formula is C21H23N3O3S. The molecule has 0 spiro atoms. The first-order valence-corrected chi connectivity index (χ1v) is 9.88. The predicted molar refractivity (Wildman–Crippen MR) is 113 cm³/mol. The van der Waals surface area contributed by atoms with E-state index < -0.39 is 0 Å². The van der Waals surface area contributed by atoms with Gasteiger partial charge in [0.15, 0.2) is 5.17 Å². The zero-order valence-electron chi connectivity index (χ0n) is 16.2. The van der Waals surface area contributed by atoms with Crippen LogP contribution in [0.15, 0.2) is 58.7 Å². The van der Waals surface area contributed by atoms with Gasteiger partial charge >= 0.3 is 0 Å². The molecule has 0 radical (unpaired) electrons. The Morgan fingerprint density at radius 3 is 2.21 bits per heavy atom. The number of amides is 1. The summed E-state index contributed by atoms with van der Waals surface area (Å²) in [7, 11) is 3.26. The van der Waals surface area contributed by atoms with Gasteiger partial charge in [0.1, 0.15) is 11.5 Å². The van der Waals surface area contributed by atoms with E-state index >= 15 is 0 Å². The minimum Gasteiger partial charge on any atom is -0.497 e. The second-order valence-corrected chi connectivity index (χ2v) is 7.36. The lowest BCUT2D eigenvalue weighted by Gasteiger charge is -2.16. The number of hydrogen-bond acceptors (Lipinski definition) is 6. The van der Waals surface area contributed by atoms with Crippen LogP contribution in [0.4, 0.5) is 0 Å². The van der Waals surface area contributed by atoms with Crippen molar-refractivity contribution in [1.29, 1.82) is 0 Å². The summed E-state index contributed by atoms with van der Waals surface area (Å²) in [5, 5.41) is 9.01. The number of thioether (sulfide) groups is 1. The van der Waals surface area contributed by atoms with Gasteiger partial charge in [0.05, 0.1) is 32.2 Å². The fourth-order valence-corrected chi connectivity index (χ4v) is 3.76. The highest BCUT2D eigenvalue weighted by Gasteiger charge is 2.36. The van der Waals surface area contributed by atoms with E-state index in [0.717, 1.165) is 29.0 Å². The summed E-state index contributed by atoms with van der Waals surface area (Å²) in [6.07, 6.45) is 2.42. The molecule has 0 N–H and O–H groups in total. The SMILES string of the molecule is CC[C@H]1S/C(=N\N=C/c2ccc(OC)cc2)N(Cc2ccc(OC)cc2)C1=O. The Hall–Kier alpha value is -2.80.